The molecule has 0 saturated heterocycles. The quantitative estimate of drug-likeness (QED) is 0.175. The number of alkyl halides is 3. The van der Waals surface area contributed by atoms with E-state index in [1.165, 1.54) is 6.07 Å². The largest absolute Gasteiger partial charge is 0.416 e. The number of halogens is 3. The van der Waals surface area contributed by atoms with Gasteiger partial charge in [0.25, 0.3) is 0 Å². The maximum atomic E-state index is 14.0. The summed E-state index contributed by atoms with van der Waals surface area (Å²) in [7, 11) is 0. The van der Waals surface area contributed by atoms with Gasteiger partial charge in [-0.15, -0.1) is 0 Å². The molecule has 286 valence electrons. The van der Waals surface area contributed by atoms with E-state index >= 15 is 0 Å². The highest BCUT2D eigenvalue weighted by atomic mass is 19.4. The number of hydrogen-bond acceptors (Lipinski definition) is 2. The van der Waals surface area contributed by atoms with Gasteiger partial charge in [0, 0.05) is 21.5 Å². The summed E-state index contributed by atoms with van der Waals surface area (Å²) in [4.78, 5) is 0. The van der Waals surface area contributed by atoms with Gasteiger partial charge >= 0.3 is 6.18 Å². The van der Waals surface area contributed by atoms with Crippen LogP contribution in [0, 0.1) is 36.5 Å². The number of para-hydroxylation sites is 2. The molecular formula is C53H33F3N4. The first-order valence-corrected chi connectivity index (χ1v) is 19.5. The Morgan fingerprint density at radius 1 is 0.433 bits per heavy atom. The Balaban J connectivity index is 1.31. The molecule has 60 heavy (non-hydrogen) atoms. The number of rotatable bonds is 5. The van der Waals surface area contributed by atoms with Crippen LogP contribution in [0.1, 0.15) is 27.8 Å². The molecule has 0 saturated carbocycles. The van der Waals surface area contributed by atoms with Crippen molar-refractivity contribution in [2.24, 2.45) is 0 Å². The zero-order chi connectivity index (χ0) is 41.3. The van der Waals surface area contributed by atoms with Crippen LogP contribution >= 0.6 is 0 Å². The Morgan fingerprint density at radius 2 is 0.917 bits per heavy atom. The highest BCUT2D eigenvalue weighted by molar-refractivity contribution is 6.12. The van der Waals surface area contributed by atoms with Crippen molar-refractivity contribution in [1.29, 1.82) is 10.5 Å². The molecule has 10 aromatic rings. The Hall–Kier alpha value is -7.87. The number of benzene rings is 8. The van der Waals surface area contributed by atoms with Crippen LogP contribution in [0.5, 0.6) is 0 Å². The zero-order valence-electron chi connectivity index (χ0n) is 32.5. The monoisotopic (exact) mass is 782 g/mol. The standard InChI is InChI=1S/C53H33F3N4/c1-32-9-7-11-34(23-32)36-17-21-49-44(26-36)42-13-3-5-15-47(42)59(49)51-28-38(41-20-19-40(53(54,55)56)25-39(41)30-57)29-52(46(51)31-58)60-48-16-6-4-14-43(48)45-27-37(18-22-50(45)60)35-12-8-10-33(2)24-35/h3-29H,1-2H3. The van der Waals surface area contributed by atoms with Gasteiger partial charge in [-0.3, -0.25) is 0 Å². The van der Waals surface area contributed by atoms with Gasteiger partial charge in [-0.25, -0.2) is 0 Å². The second-order valence-corrected chi connectivity index (χ2v) is 15.3. The second kappa shape index (κ2) is 13.9. The Labute approximate surface area is 343 Å². The fourth-order valence-electron chi connectivity index (χ4n) is 8.77. The SMILES string of the molecule is Cc1cccc(-c2ccc3c(c2)c2ccccc2n3-c2cc(-c3ccc(C(F)(F)F)cc3C#N)cc(-n3c4ccccc4c4cc(-c5cccc(C)c5)ccc43)c2C#N)c1. The predicted molar refractivity (Wildman–Crippen MR) is 235 cm³/mol. The Kier molecular flexibility index (Phi) is 8.45. The lowest BCUT2D eigenvalue weighted by atomic mass is 9.95. The van der Waals surface area contributed by atoms with Gasteiger partial charge in [0.05, 0.1) is 50.6 Å². The van der Waals surface area contributed by atoms with Crippen molar-refractivity contribution in [2.45, 2.75) is 20.0 Å². The Bertz CT molecular complexity index is 3300. The second-order valence-electron chi connectivity index (χ2n) is 15.3. The first-order chi connectivity index (χ1) is 29.1. The number of nitriles is 2. The predicted octanol–water partition coefficient (Wildman–Crippen LogP) is 14.3. The third-order valence-electron chi connectivity index (χ3n) is 11.5. The molecule has 0 radical (unpaired) electrons. The van der Waals surface area contributed by atoms with Crippen LogP contribution in [0.2, 0.25) is 0 Å². The minimum Gasteiger partial charge on any atom is -0.308 e. The minimum absolute atomic E-state index is 0.124. The zero-order valence-corrected chi connectivity index (χ0v) is 32.5. The third kappa shape index (κ3) is 5.91. The molecule has 8 aromatic carbocycles. The molecule has 2 aromatic heterocycles. The number of aryl methyl sites for hydroxylation is 2. The van der Waals surface area contributed by atoms with Gasteiger partial charge in [-0.2, -0.15) is 23.7 Å². The molecule has 0 atom stereocenters. The Morgan fingerprint density at radius 3 is 1.38 bits per heavy atom. The van der Waals surface area contributed by atoms with Gasteiger partial charge in [0.15, 0.2) is 0 Å². The van der Waals surface area contributed by atoms with Crippen LogP contribution < -0.4 is 0 Å². The van der Waals surface area contributed by atoms with Gasteiger partial charge in [0.2, 0.25) is 0 Å². The summed E-state index contributed by atoms with van der Waals surface area (Å²) in [5, 5.41) is 25.6. The van der Waals surface area contributed by atoms with Gasteiger partial charge in [-0.1, -0.05) is 114 Å². The maximum absolute atomic E-state index is 14.0. The lowest BCUT2D eigenvalue weighted by molar-refractivity contribution is -0.137. The van der Waals surface area contributed by atoms with Crippen molar-refractivity contribution in [3.63, 3.8) is 0 Å². The van der Waals surface area contributed by atoms with E-state index in [-0.39, 0.29) is 5.56 Å². The first kappa shape index (κ1) is 36.5. The molecule has 0 amide bonds. The summed E-state index contributed by atoms with van der Waals surface area (Å²) in [5.41, 5.74) is 11.2. The number of hydrogen-bond donors (Lipinski definition) is 0. The maximum Gasteiger partial charge on any atom is 0.416 e. The van der Waals surface area contributed by atoms with Gasteiger partial charge in [-0.05, 0) is 108 Å². The molecule has 0 aliphatic heterocycles. The highest BCUT2D eigenvalue weighted by Gasteiger charge is 2.31. The van der Waals surface area contributed by atoms with Gasteiger partial charge < -0.3 is 9.13 Å². The van der Waals surface area contributed by atoms with Crippen molar-refractivity contribution < 1.29 is 13.2 Å². The van der Waals surface area contributed by atoms with E-state index in [4.69, 9.17) is 0 Å². The summed E-state index contributed by atoms with van der Waals surface area (Å²) in [6.45, 7) is 4.13. The van der Waals surface area contributed by atoms with E-state index in [2.05, 4.69) is 114 Å². The molecule has 0 bridgehead atoms. The van der Waals surface area contributed by atoms with E-state index in [1.54, 1.807) is 0 Å². The van der Waals surface area contributed by atoms with Crippen molar-refractivity contribution in [1.82, 2.24) is 9.13 Å². The van der Waals surface area contributed by atoms with Crippen LogP contribution in [0.4, 0.5) is 13.2 Å². The minimum atomic E-state index is -4.63. The molecule has 4 nitrogen and oxygen atoms in total. The molecule has 0 aliphatic rings. The van der Waals surface area contributed by atoms with Crippen LogP contribution in [-0.4, -0.2) is 9.13 Å². The molecule has 2 heterocycles. The van der Waals surface area contributed by atoms with Crippen LogP contribution in [0.25, 0.3) is 88.4 Å². The van der Waals surface area contributed by atoms with Crippen molar-refractivity contribution in [3.05, 3.63) is 192 Å². The lowest BCUT2D eigenvalue weighted by Crippen LogP contribution is -2.07. The van der Waals surface area contributed by atoms with Gasteiger partial charge in [0.1, 0.15) is 11.6 Å². The van der Waals surface area contributed by atoms with Crippen LogP contribution in [-0.2, 0) is 6.18 Å². The van der Waals surface area contributed by atoms with Crippen LogP contribution in [0.15, 0.2) is 164 Å². The summed E-state index contributed by atoms with van der Waals surface area (Å²) in [6, 6.07) is 56.9. The van der Waals surface area contributed by atoms with E-state index in [1.807, 2.05) is 66.7 Å². The molecule has 0 unspecified atom stereocenters. The summed E-state index contributed by atoms with van der Waals surface area (Å²) >= 11 is 0. The van der Waals surface area contributed by atoms with Crippen molar-refractivity contribution >= 4 is 43.6 Å². The summed E-state index contributed by atoms with van der Waals surface area (Å²) < 4.78 is 46.1. The molecule has 0 aliphatic carbocycles. The fourth-order valence-corrected chi connectivity index (χ4v) is 8.77. The van der Waals surface area contributed by atoms with E-state index in [0.29, 0.717) is 28.1 Å². The summed E-state index contributed by atoms with van der Waals surface area (Å²) in [5.74, 6) is 0. The molecule has 0 fully saturated rings. The third-order valence-corrected chi connectivity index (χ3v) is 11.5. The molecule has 7 heteroatoms. The fraction of sp³-hybridized carbons (Fsp3) is 0.0566. The topological polar surface area (TPSA) is 57.4 Å². The van der Waals surface area contributed by atoms with E-state index < -0.39 is 11.7 Å². The first-order valence-electron chi connectivity index (χ1n) is 19.5. The summed E-state index contributed by atoms with van der Waals surface area (Å²) in [6.07, 6.45) is -4.63. The van der Waals surface area contributed by atoms with E-state index in [0.717, 1.165) is 89.1 Å². The highest BCUT2D eigenvalue weighted by Crippen LogP contribution is 2.43. The average molecular weight is 783 g/mol. The average Bonchev–Trinajstić information content (AvgIpc) is 3.77. The number of aromatic nitrogens is 2. The van der Waals surface area contributed by atoms with Crippen molar-refractivity contribution in [3.8, 4) is 56.9 Å². The number of nitrogens with zero attached hydrogens (tertiary/aromatic N) is 4. The lowest BCUT2D eigenvalue weighted by Gasteiger charge is -2.19. The molecule has 10 rings (SSSR count). The molecule has 0 spiro atoms. The normalized spacial score (nSPS) is 11.7. The van der Waals surface area contributed by atoms with Crippen molar-refractivity contribution in [2.75, 3.05) is 0 Å². The number of fused-ring (bicyclic) bond motifs is 6. The smallest absolute Gasteiger partial charge is 0.308 e. The van der Waals surface area contributed by atoms with E-state index in [9.17, 15) is 23.7 Å². The molecule has 0 N–H and O–H groups in total. The van der Waals surface area contributed by atoms with Crippen LogP contribution in [0.3, 0.4) is 0 Å². The molecular weight excluding hydrogens is 750 g/mol.